The minimum atomic E-state index is 0.0483. The van der Waals surface area contributed by atoms with Gasteiger partial charge >= 0.3 is 0 Å². The van der Waals surface area contributed by atoms with E-state index in [1.807, 2.05) is 36.0 Å². The lowest BCUT2D eigenvalue weighted by molar-refractivity contribution is 0.543. The third kappa shape index (κ3) is 3.93. The van der Waals surface area contributed by atoms with Gasteiger partial charge in [0.25, 0.3) is 0 Å². The van der Waals surface area contributed by atoms with Crippen LogP contribution in [-0.2, 0) is 25.6 Å². The lowest BCUT2D eigenvalue weighted by Gasteiger charge is -2.17. The summed E-state index contributed by atoms with van der Waals surface area (Å²) >= 11 is 0. The summed E-state index contributed by atoms with van der Waals surface area (Å²) in [6.07, 6.45) is 2.08. The van der Waals surface area contributed by atoms with E-state index >= 15 is 0 Å². The number of nitrogens with zero attached hydrogens (tertiary/aromatic N) is 3. The topological polar surface area (TPSA) is 53.6 Å². The summed E-state index contributed by atoms with van der Waals surface area (Å²) in [6, 6.07) is 9.80. The largest absolute Gasteiger partial charge is 0.308 e. The van der Waals surface area contributed by atoms with Crippen molar-refractivity contribution in [1.82, 2.24) is 15.1 Å². The van der Waals surface area contributed by atoms with Gasteiger partial charge in [0.05, 0.1) is 17.3 Å². The third-order valence-corrected chi connectivity index (χ3v) is 3.34. The fourth-order valence-corrected chi connectivity index (χ4v) is 2.34. The van der Waals surface area contributed by atoms with E-state index in [9.17, 15) is 0 Å². The Balaban J connectivity index is 1.99. The van der Waals surface area contributed by atoms with Crippen LogP contribution in [0.25, 0.3) is 0 Å². The number of benzene rings is 1. The Morgan fingerprint density at radius 3 is 2.43 bits per heavy atom. The zero-order valence-corrected chi connectivity index (χ0v) is 13.1. The van der Waals surface area contributed by atoms with Crippen molar-refractivity contribution in [2.24, 2.45) is 7.05 Å². The highest BCUT2D eigenvalue weighted by Gasteiger charge is 2.21. The average Bonchev–Trinajstić information content (AvgIpc) is 2.81. The Morgan fingerprint density at radius 1 is 1.19 bits per heavy atom. The normalized spacial score (nSPS) is 11.4. The highest BCUT2D eigenvalue weighted by atomic mass is 15.3. The van der Waals surface area contributed by atoms with E-state index in [1.54, 1.807) is 0 Å². The molecule has 1 heterocycles. The minimum absolute atomic E-state index is 0.0483. The predicted octanol–water partition coefficient (Wildman–Crippen LogP) is 2.88. The number of hydrogen-bond acceptors (Lipinski definition) is 3. The Morgan fingerprint density at radius 2 is 1.86 bits per heavy atom. The van der Waals surface area contributed by atoms with Crippen LogP contribution >= 0.6 is 0 Å². The zero-order valence-electron chi connectivity index (χ0n) is 13.1. The van der Waals surface area contributed by atoms with Gasteiger partial charge in [-0.15, -0.1) is 0 Å². The van der Waals surface area contributed by atoms with Crippen LogP contribution < -0.4 is 5.32 Å². The first-order chi connectivity index (χ1) is 9.90. The number of hydrogen-bond donors (Lipinski definition) is 1. The van der Waals surface area contributed by atoms with E-state index in [1.165, 1.54) is 11.1 Å². The van der Waals surface area contributed by atoms with Gasteiger partial charge in [0.2, 0.25) is 0 Å². The molecule has 4 heteroatoms. The van der Waals surface area contributed by atoms with Gasteiger partial charge in [-0.1, -0.05) is 32.9 Å². The SMILES string of the molecule is Cn1cc(CNCc2ccc(C#N)cc2)c(C(C)(C)C)n1. The van der Waals surface area contributed by atoms with Crippen LogP contribution in [0, 0.1) is 11.3 Å². The first-order valence-electron chi connectivity index (χ1n) is 7.13. The smallest absolute Gasteiger partial charge is 0.0991 e. The summed E-state index contributed by atoms with van der Waals surface area (Å²) < 4.78 is 1.87. The molecule has 1 N–H and O–H groups in total. The lowest BCUT2D eigenvalue weighted by Crippen LogP contribution is -2.19. The van der Waals surface area contributed by atoms with Gasteiger partial charge in [-0.3, -0.25) is 4.68 Å². The summed E-state index contributed by atoms with van der Waals surface area (Å²) in [5, 5.41) is 16.8. The molecule has 1 aromatic heterocycles. The van der Waals surface area contributed by atoms with E-state index in [2.05, 4.69) is 43.5 Å². The number of nitriles is 1. The van der Waals surface area contributed by atoms with Gasteiger partial charge in [0, 0.05) is 37.3 Å². The molecule has 4 nitrogen and oxygen atoms in total. The van der Waals surface area contributed by atoms with Crippen LogP contribution in [0.5, 0.6) is 0 Å². The summed E-state index contributed by atoms with van der Waals surface area (Å²) in [5.41, 5.74) is 4.29. The van der Waals surface area contributed by atoms with E-state index < -0.39 is 0 Å². The molecule has 0 spiro atoms. The maximum atomic E-state index is 8.79. The second-order valence-corrected chi connectivity index (χ2v) is 6.34. The standard InChI is InChI=1S/C17H22N4/c1-17(2,3)16-15(12-21(4)20-16)11-19-10-14-7-5-13(9-18)6-8-14/h5-8,12,19H,10-11H2,1-4H3. The highest BCUT2D eigenvalue weighted by molar-refractivity contribution is 5.31. The Labute approximate surface area is 126 Å². The van der Waals surface area contributed by atoms with Gasteiger partial charge in [0.1, 0.15) is 0 Å². The molecule has 0 aliphatic heterocycles. The van der Waals surface area contributed by atoms with E-state index in [-0.39, 0.29) is 5.41 Å². The third-order valence-electron chi connectivity index (χ3n) is 3.34. The van der Waals surface area contributed by atoms with E-state index in [0.717, 1.165) is 18.8 Å². The highest BCUT2D eigenvalue weighted by Crippen LogP contribution is 2.24. The summed E-state index contributed by atoms with van der Waals surface area (Å²) in [7, 11) is 1.96. The quantitative estimate of drug-likeness (QED) is 0.938. The Bertz CT molecular complexity index is 639. The van der Waals surface area contributed by atoms with E-state index in [4.69, 9.17) is 5.26 Å². The fraction of sp³-hybridized carbons (Fsp3) is 0.412. The maximum Gasteiger partial charge on any atom is 0.0991 e. The Kier molecular flexibility index (Phi) is 4.44. The molecule has 110 valence electrons. The molecule has 0 fully saturated rings. The van der Waals surface area contributed by atoms with Crippen molar-refractivity contribution in [1.29, 1.82) is 5.26 Å². The number of rotatable bonds is 4. The summed E-state index contributed by atoms with van der Waals surface area (Å²) in [6.45, 7) is 8.11. The molecule has 0 unspecified atom stereocenters. The number of aryl methyl sites for hydroxylation is 1. The summed E-state index contributed by atoms with van der Waals surface area (Å²) in [5.74, 6) is 0. The van der Waals surface area contributed by atoms with E-state index in [0.29, 0.717) is 5.56 Å². The average molecular weight is 282 g/mol. The first kappa shape index (κ1) is 15.3. The molecule has 21 heavy (non-hydrogen) atoms. The van der Waals surface area contributed by atoms with Crippen molar-refractivity contribution in [3.8, 4) is 6.07 Å². The molecule has 0 saturated carbocycles. The van der Waals surface area contributed by atoms with Gasteiger partial charge in [-0.25, -0.2) is 0 Å². The second-order valence-electron chi connectivity index (χ2n) is 6.34. The van der Waals surface area contributed by atoms with Crippen LogP contribution in [0.1, 0.15) is 43.2 Å². The molecule has 2 rings (SSSR count). The van der Waals surface area contributed by atoms with Crippen molar-refractivity contribution in [3.05, 3.63) is 52.8 Å². The molecule has 0 bridgehead atoms. The fourth-order valence-electron chi connectivity index (χ4n) is 2.34. The van der Waals surface area contributed by atoms with Crippen LogP contribution in [-0.4, -0.2) is 9.78 Å². The first-order valence-corrected chi connectivity index (χ1v) is 7.13. The molecule has 1 aromatic carbocycles. The van der Waals surface area contributed by atoms with Crippen molar-refractivity contribution in [2.75, 3.05) is 0 Å². The van der Waals surface area contributed by atoms with Crippen LogP contribution in [0.15, 0.2) is 30.5 Å². The van der Waals surface area contributed by atoms with Crippen molar-refractivity contribution in [3.63, 3.8) is 0 Å². The lowest BCUT2D eigenvalue weighted by atomic mass is 9.89. The number of aromatic nitrogens is 2. The second kappa shape index (κ2) is 6.11. The minimum Gasteiger partial charge on any atom is -0.308 e. The van der Waals surface area contributed by atoms with Gasteiger partial charge in [0.15, 0.2) is 0 Å². The molecule has 0 saturated heterocycles. The van der Waals surface area contributed by atoms with Crippen LogP contribution in [0.4, 0.5) is 0 Å². The van der Waals surface area contributed by atoms with Gasteiger partial charge < -0.3 is 5.32 Å². The molecule has 0 atom stereocenters. The van der Waals surface area contributed by atoms with Crippen LogP contribution in [0.3, 0.4) is 0 Å². The molecule has 0 amide bonds. The molecular formula is C17H22N4. The Hall–Kier alpha value is -2.12. The predicted molar refractivity (Wildman–Crippen MR) is 83.6 cm³/mol. The molecule has 2 aromatic rings. The van der Waals surface area contributed by atoms with Crippen LogP contribution in [0.2, 0.25) is 0 Å². The molecule has 0 radical (unpaired) electrons. The summed E-state index contributed by atoms with van der Waals surface area (Å²) in [4.78, 5) is 0. The number of nitrogens with one attached hydrogen (secondary N) is 1. The zero-order chi connectivity index (χ0) is 15.5. The van der Waals surface area contributed by atoms with Gasteiger partial charge in [-0.2, -0.15) is 10.4 Å². The van der Waals surface area contributed by atoms with Crippen molar-refractivity contribution >= 4 is 0 Å². The monoisotopic (exact) mass is 282 g/mol. The maximum absolute atomic E-state index is 8.79. The molecule has 0 aliphatic rings. The van der Waals surface area contributed by atoms with Crippen molar-refractivity contribution < 1.29 is 0 Å². The molecule has 0 aliphatic carbocycles. The van der Waals surface area contributed by atoms with Crippen molar-refractivity contribution in [2.45, 2.75) is 39.3 Å². The molecular weight excluding hydrogens is 260 g/mol. The van der Waals surface area contributed by atoms with Gasteiger partial charge in [-0.05, 0) is 17.7 Å².